The van der Waals surface area contributed by atoms with Crippen LogP contribution in [0.5, 0.6) is 0 Å². The Kier molecular flexibility index (Phi) is 4.07. The van der Waals surface area contributed by atoms with E-state index in [4.69, 9.17) is 11.6 Å². The number of nitrogens with zero attached hydrogens (tertiary/aromatic N) is 1. The van der Waals surface area contributed by atoms with E-state index in [2.05, 4.69) is 15.2 Å². The van der Waals surface area contributed by atoms with Crippen molar-refractivity contribution in [1.29, 1.82) is 0 Å². The fourth-order valence-electron chi connectivity index (χ4n) is 2.76. The number of benzene rings is 1. The zero-order valence-corrected chi connectivity index (χ0v) is 13.0. The van der Waals surface area contributed by atoms with Crippen LogP contribution in [-0.2, 0) is 0 Å². The molecule has 22 heavy (non-hydrogen) atoms. The largest absolute Gasteiger partial charge is 0.369 e. The number of hydrogen-bond acceptors (Lipinski definition) is 2. The quantitative estimate of drug-likeness (QED) is 0.912. The zero-order chi connectivity index (χ0) is 15.7. The van der Waals surface area contributed by atoms with Gasteiger partial charge in [0.15, 0.2) is 0 Å². The van der Waals surface area contributed by atoms with Crippen LogP contribution >= 0.6 is 11.6 Å². The molecule has 0 saturated carbocycles. The average molecular weight is 322 g/mol. The molecule has 1 saturated heterocycles. The number of carbonyl (C=O) groups is 1. The third kappa shape index (κ3) is 2.95. The van der Waals surface area contributed by atoms with Gasteiger partial charge < -0.3 is 15.2 Å². The second-order valence-electron chi connectivity index (χ2n) is 5.52. The highest BCUT2D eigenvalue weighted by atomic mass is 35.5. The van der Waals surface area contributed by atoms with Crippen LogP contribution in [-0.4, -0.2) is 30.0 Å². The van der Waals surface area contributed by atoms with E-state index in [0.29, 0.717) is 12.1 Å². The number of aryl methyl sites for hydroxylation is 1. The summed E-state index contributed by atoms with van der Waals surface area (Å²) in [5, 5.41) is 3.16. The molecule has 0 radical (unpaired) electrons. The highest BCUT2D eigenvalue weighted by molar-refractivity contribution is 6.31. The molecule has 0 spiro atoms. The average Bonchev–Trinajstić information content (AvgIpc) is 3.11. The van der Waals surface area contributed by atoms with E-state index in [1.807, 2.05) is 6.92 Å². The fraction of sp³-hybridized carbons (Fsp3) is 0.312. The van der Waals surface area contributed by atoms with Gasteiger partial charge in [-0.3, -0.25) is 4.79 Å². The number of anilines is 1. The van der Waals surface area contributed by atoms with Crippen LogP contribution in [0, 0.1) is 12.7 Å². The molecule has 2 N–H and O–H groups in total. The first-order valence-electron chi connectivity index (χ1n) is 7.19. The van der Waals surface area contributed by atoms with Crippen LogP contribution in [0.15, 0.2) is 30.5 Å². The molecular weight excluding hydrogens is 305 g/mol. The van der Waals surface area contributed by atoms with E-state index in [1.165, 1.54) is 6.07 Å². The molecule has 2 heterocycles. The zero-order valence-electron chi connectivity index (χ0n) is 12.2. The van der Waals surface area contributed by atoms with E-state index in [1.54, 1.807) is 24.4 Å². The van der Waals surface area contributed by atoms with Crippen LogP contribution < -0.4 is 10.2 Å². The molecule has 2 aromatic rings. The second-order valence-corrected chi connectivity index (χ2v) is 5.93. The van der Waals surface area contributed by atoms with Crippen molar-refractivity contribution in [2.45, 2.75) is 19.4 Å². The van der Waals surface area contributed by atoms with Gasteiger partial charge in [0.05, 0.1) is 10.6 Å². The van der Waals surface area contributed by atoms with Crippen molar-refractivity contribution in [3.63, 3.8) is 0 Å². The van der Waals surface area contributed by atoms with Crippen LogP contribution in [0.2, 0.25) is 5.02 Å². The molecule has 116 valence electrons. The first kappa shape index (κ1) is 14.9. The normalized spacial score (nSPS) is 17.8. The molecule has 1 unspecified atom stereocenters. The van der Waals surface area contributed by atoms with Gasteiger partial charge in [-0.15, -0.1) is 0 Å². The lowest BCUT2D eigenvalue weighted by Gasteiger charge is -2.19. The molecule has 1 aromatic heterocycles. The Balaban J connectivity index is 1.64. The SMILES string of the molecule is Cc1[nH]ccc1C(=O)NC1CCN(c2ccc(F)c(Cl)c2)C1. The maximum Gasteiger partial charge on any atom is 0.253 e. The first-order valence-corrected chi connectivity index (χ1v) is 7.57. The first-order chi connectivity index (χ1) is 10.5. The molecule has 1 amide bonds. The smallest absolute Gasteiger partial charge is 0.253 e. The summed E-state index contributed by atoms with van der Waals surface area (Å²) in [5.74, 6) is -0.486. The topological polar surface area (TPSA) is 48.1 Å². The Morgan fingerprint density at radius 3 is 2.95 bits per heavy atom. The Morgan fingerprint density at radius 1 is 1.45 bits per heavy atom. The summed E-state index contributed by atoms with van der Waals surface area (Å²) in [7, 11) is 0. The summed E-state index contributed by atoms with van der Waals surface area (Å²) in [6, 6.07) is 6.55. The van der Waals surface area contributed by atoms with Crippen molar-refractivity contribution in [1.82, 2.24) is 10.3 Å². The summed E-state index contributed by atoms with van der Waals surface area (Å²) in [6.07, 6.45) is 2.61. The number of nitrogens with one attached hydrogen (secondary N) is 2. The molecule has 1 aliphatic heterocycles. The number of aromatic nitrogens is 1. The second kappa shape index (κ2) is 6.01. The van der Waals surface area contributed by atoms with E-state index < -0.39 is 5.82 Å². The van der Waals surface area contributed by atoms with Crippen molar-refractivity contribution in [2.75, 3.05) is 18.0 Å². The number of amides is 1. The highest BCUT2D eigenvalue weighted by Crippen LogP contribution is 2.25. The molecule has 1 fully saturated rings. The van der Waals surface area contributed by atoms with Crippen LogP contribution in [0.1, 0.15) is 22.5 Å². The minimum absolute atomic E-state index is 0.0669. The predicted octanol–water partition coefficient (Wildman–Crippen LogP) is 3.12. The third-order valence-corrected chi connectivity index (χ3v) is 4.28. The summed E-state index contributed by atoms with van der Waals surface area (Å²) in [5.41, 5.74) is 2.40. The van der Waals surface area contributed by atoms with Crippen molar-refractivity contribution < 1.29 is 9.18 Å². The number of aromatic amines is 1. The molecule has 0 aliphatic carbocycles. The van der Waals surface area contributed by atoms with E-state index in [-0.39, 0.29) is 17.0 Å². The van der Waals surface area contributed by atoms with Gasteiger partial charge >= 0.3 is 0 Å². The fourth-order valence-corrected chi connectivity index (χ4v) is 2.93. The Morgan fingerprint density at radius 2 is 2.27 bits per heavy atom. The molecule has 4 nitrogen and oxygen atoms in total. The molecule has 1 aliphatic rings. The highest BCUT2D eigenvalue weighted by Gasteiger charge is 2.25. The lowest BCUT2D eigenvalue weighted by molar-refractivity contribution is 0.0940. The molecule has 3 rings (SSSR count). The number of carbonyl (C=O) groups excluding carboxylic acids is 1. The Bertz CT molecular complexity index is 700. The molecule has 0 bridgehead atoms. The van der Waals surface area contributed by atoms with Crippen molar-refractivity contribution in [3.05, 3.63) is 52.6 Å². The monoisotopic (exact) mass is 321 g/mol. The van der Waals surface area contributed by atoms with Crippen LogP contribution in [0.3, 0.4) is 0 Å². The lowest BCUT2D eigenvalue weighted by atomic mass is 10.2. The van der Waals surface area contributed by atoms with E-state index in [9.17, 15) is 9.18 Å². The van der Waals surface area contributed by atoms with E-state index in [0.717, 1.165) is 24.3 Å². The standard InChI is InChI=1S/C16H17ClFN3O/c1-10-13(4-6-19-10)16(22)20-11-5-7-21(9-11)12-2-3-15(18)14(17)8-12/h2-4,6,8,11,19H,5,7,9H2,1H3,(H,20,22). The summed E-state index contributed by atoms with van der Waals surface area (Å²) in [4.78, 5) is 17.3. The Labute approximate surface area is 133 Å². The number of halogens is 2. The predicted molar refractivity (Wildman–Crippen MR) is 85.0 cm³/mol. The van der Waals surface area contributed by atoms with Gasteiger partial charge in [-0.2, -0.15) is 0 Å². The molecule has 1 aromatic carbocycles. The Hall–Kier alpha value is -2.01. The van der Waals surface area contributed by atoms with Gasteiger partial charge in [0.1, 0.15) is 5.82 Å². The summed E-state index contributed by atoms with van der Waals surface area (Å²) >= 11 is 5.82. The molecule has 1 atom stereocenters. The van der Waals surface area contributed by atoms with Gasteiger partial charge in [-0.25, -0.2) is 4.39 Å². The van der Waals surface area contributed by atoms with Gasteiger partial charge in [-0.1, -0.05) is 11.6 Å². The number of hydrogen-bond donors (Lipinski definition) is 2. The van der Waals surface area contributed by atoms with Gasteiger partial charge in [0, 0.05) is 36.7 Å². The molecular formula is C16H17ClFN3O. The number of H-pyrrole nitrogens is 1. The van der Waals surface area contributed by atoms with Gasteiger partial charge in [-0.05, 0) is 37.6 Å². The maximum atomic E-state index is 13.2. The minimum Gasteiger partial charge on any atom is -0.369 e. The van der Waals surface area contributed by atoms with Gasteiger partial charge in [0.25, 0.3) is 5.91 Å². The maximum absolute atomic E-state index is 13.2. The molecule has 6 heteroatoms. The number of rotatable bonds is 3. The third-order valence-electron chi connectivity index (χ3n) is 3.99. The van der Waals surface area contributed by atoms with Crippen LogP contribution in [0.4, 0.5) is 10.1 Å². The van der Waals surface area contributed by atoms with Gasteiger partial charge in [0.2, 0.25) is 0 Å². The summed E-state index contributed by atoms with van der Waals surface area (Å²) in [6.45, 7) is 3.37. The lowest BCUT2D eigenvalue weighted by Crippen LogP contribution is -2.37. The minimum atomic E-state index is -0.419. The van der Waals surface area contributed by atoms with Crippen molar-refractivity contribution >= 4 is 23.2 Å². The van der Waals surface area contributed by atoms with Crippen molar-refractivity contribution in [3.8, 4) is 0 Å². The van der Waals surface area contributed by atoms with Crippen LogP contribution in [0.25, 0.3) is 0 Å². The van der Waals surface area contributed by atoms with Crippen molar-refractivity contribution in [2.24, 2.45) is 0 Å². The van der Waals surface area contributed by atoms with E-state index >= 15 is 0 Å². The summed E-state index contributed by atoms with van der Waals surface area (Å²) < 4.78 is 13.2.